The van der Waals surface area contributed by atoms with E-state index in [1.165, 1.54) is 12.7 Å². The summed E-state index contributed by atoms with van der Waals surface area (Å²) in [4.78, 5) is 0. The second-order valence-electron chi connectivity index (χ2n) is 1.60. The van der Waals surface area contributed by atoms with E-state index in [1.54, 1.807) is 0 Å². The molecule has 0 bridgehead atoms. The Bertz CT molecular complexity index is 97.7. The van der Waals surface area contributed by atoms with Crippen LogP contribution in [0.4, 0.5) is 0 Å². The van der Waals surface area contributed by atoms with Crippen molar-refractivity contribution in [3.63, 3.8) is 0 Å². The van der Waals surface area contributed by atoms with Gasteiger partial charge < -0.3 is 10.2 Å². The van der Waals surface area contributed by atoms with E-state index in [9.17, 15) is 0 Å². The first-order valence-corrected chi connectivity index (χ1v) is 2.58. The van der Waals surface area contributed by atoms with E-state index < -0.39 is 6.10 Å². The molecule has 2 nitrogen and oxygen atoms in total. The van der Waals surface area contributed by atoms with Crippen LogP contribution in [0.5, 0.6) is 0 Å². The Labute approximate surface area is 74.6 Å². The van der Waals surface area contributed by atoms with Crippen molar-refractivity contribution in [2.24, 2.45) is 0 Å². The van der Waals surface area contributed by atoms with Crippen LogP contribution in [-0.2, 0) is 18.6 Å². The molecule has 0 aliphatic rings. The molecule has 0 heterocycles. The number of aliphatic hydroxyl groups excluding tert-OH is 2. The van der Waals surface area contributed by atoms with Crippen LogP contribution in [0.2, 0.25) is 0 Å². The van der Waals surface area contributed by atoms with E-state index in [0.29, 0.717) is 5.57 Å². The molecule has 0 aliphatic heterocycles. The van der Waals surface area contributed by atoms with Gasteiger partial charge >= 0.3 is 18.6 Å². The van der Waals surface area contributed by atoms with Crippen molar-refractivity contribution >= 4 is 7.85 Å². The van der Waals surface area contributed by atoms with Crippen molar-refractivity contribution in [2.75, 3.05) is 6.61 Å². The average Bonchev–Trinajstić information content (AvgIpc) is 1.87. The first kappa shape index (κ1) is 12.8. The molecular weight excluding hydrogens is 166 g/mol. The van der Waals surface area contributed by atoms with Crippen LogP contribution in [0, 0.1) is 12.7 Å². The van der Waals surface area contributed by atoms with Crippen LogP contribution in [0.15, 0.2) is 12.2 Å². The monoisotopic (exact) mass is 175 g/mol. The summed E-state index contributed by atoms with van der Waals surface area (Å²) >= 11 is 0. The summed E-state index contributed by atoms with van der Waals surface area (Å²) in [5.74, 6) is 0. The summed E-state index contributed by atoms with van der Waals surface area (Å²) in [7, 11) is 5.02. The molecule has 0 saturated heterocycles. The van der Waals surface area contributed by atoms with Crippen LogP contribution in [-0.4, -0.2) is 30.8 Å². The molecule has 0 aromatic rings. The van der Waals surface area contributed by atoms with Crippen LogP contribution >= 0.6 is 0 Å². The maximum atomic E-state index is 8.89. The third kappa shape index (κ3) is 5.00. The van der Waals surface area contributed by atoms with Gasteiger partial charge in [0.1, 0.15) is 0 Å². The van der Waals surface area contributed by atoms with Crippen LogP contribution < -0.4 is 0 Å². The Morgan fingerprint density at radius 2 is 2.20 bits per heavy atom. The standard InChI is InChI=1S/C6H9BO2.V/c1-5(4-7)6(9)2-3-8;/h2,4,6,8-9H,1,3H2;/q-2;+2. The normalized spacial score (nSPS) is 11.4. The summed E-state index contributed by atoms with van der Waals surface area (Å²) in [5.41, 5.74) is 0.393. The van der Waals surface area contributed by atoms with Crippen molar-refractivity contribution in [3.8, 4) is 0 Å². The molecule has 0 aromatic carbocycles. The van der Waals surface area contributed by atoms with Crippen molar-refractivity contribution in [2.45, 2.75) is 6.10 Å². The van der Waals surface area contributed by atoms with Gasteiger partial charge in [-0.3, -0.25) is 12.7 Å². The van der Waals surface area contributed by atoms with E-state index in [0.717, 1.165) is 0 Å². The molecule has 4 heteroatoms. The maximum Gasteiger partial charge on any atom is 2.00 e. The Morgan fingerprint density at radius 3 is 2.50 bits per heavy atom. The van der Waals surface area contributed by atoms with Crippen LogP contribution in [0.1, 0.15) is 0 Å². The average molecular weight is 175 g/mol. The zero-order valence-corrected chi connectivity index (χ0v) is 6.96. The fraction of sp³-hybridized carbons (Fsp3) is 0.333. The number of rotatable bonds is 4. The Balaban J connectivity index is 0. The quantitative estimate of drug-likeness (QED) is 0.443. The second kappa shape index (κ2) is 7.29. The van der Waals surface area contributed by atoms with Gasteiger partial charge in [-0.05, 0) is 7.85 Å². The third-order valence-electron chi connectivity index (χ3n) is 0.923. The summed E-state index contributed by atoms with van der Waals surface area (Å²) in [5, 5.41) is 17.2. The number of aliphatic hydroxyl groups is 2. The predicted molar refractivity (Wildman–Crippen MR) is 36.6 cm³/mol. The van der Waals surface area contributed by atoms with E-state index in [-0.39, 0.29) is 25.2 Å². The zero-order valence-electron chi connectivity index (χ0n) is 5.57. The molecule has 0 aromatic heterocycles. The fourth-order valence-electron chi connectivity index (χ4n) is 0.350. The van der Waals surface area contributed by atoms with Gasteiger partial charge in [-0.15, -0.1) is 0 Å². The van der Waals surface area contributed by atoms with Crippen molar-refractivity contribution in [1.82, 2.24) is 0 Å². The molecular formula is C6H9BO2V. The van der Waals surface area contributed by atoms with E-state index in [4.69, 9.17) is 18.1 Å². The molecule has 0 amide bonds. The van der Waals surface area contributed by atoms with E-state index >= 15 is 0 Å². The first-order valence-electron chi connectivity index (χ1n) is 2.58. The molecule has 1 atom stereocenters. The molecule has 1 unspecified atom stereocenters. The SMILES string of the molecule is [B][CH-]C(=C)C(O)[CH-]CO.[V+2]. The zero-order chi connectivity index (χ0) is 7.28. The first-order chi connectivity index (χ1) is 4.22. The molecule has 0 saturated carbocycles. The maximum absolute atomic E-state index is 8.89. The fourth-order valence-corrected chi connectivity index (χ4v) is 0.350. The molecule has 3 radical (unpaired) electrons. The summed E-state index contributed by atoms with van der Waals surface area (Å²) in [6, 6.07) is 0. The number of hydrogen-bond acceptors (Lipinski definition) is 2. The largest absolute Gasteiger partial charge is 2.00 e. The van der Waals surface area contributed by atoms with Gasteiger partial charge in [-0.1, -0.05) is 12.7 Å². The Kier molecular flexibility index (Phi) is 9.34. The molecule has 53 valence electrons. The topological polar surface area (TPSA) is 40.5 Å². The molecule has 0 aliphatic carbocycles. The van der Waals surface area contributed by atoms with Crippen LogP contribution in [0.25, 0.3) is 0 Å². The van der Waals surface area contributed by atoms with Crippen molar-refractivity contribution in [3.05, 3.63) is 24.9 Å². The number of hydrogen-bond donors (Lipinski definition) is 2. The molecule has 0 rings (SSSR count). The van der Waals surface area contributed by atoms with Crippen LogP contribution in [0.3, 0.4) is 0 Å². The predicted octanol–water partition coefficient (Wildman–Crippen LogP) is -0.572. The summed E-state index contributed by atoms with van der Waals surface area (Å²) in [6.07, 6.45) is 1.68. The molecule has 10 heavy (non-hydrogen) atoms. The minimum atomic E-state index is -0.819. The van der Waals surface area contributed by atoms with Gasteiger partial charge in [0.2, 0.25) is 0 Å². The second-order valence-corrected chi connectivity index (χ2v) is 1.60. The van der Waals surface area contributed by atoms with Gasteiger partial charge in [0, 0.05) is 0 Å². The van der Waals surface area contributed by atoms with E-state index in [2.05, 4.69) is 6.58 Å². The van der Waals surface area contributed by atoms with Gasteiger partial charge in [-0.25, -0.2) is 12.2 Å². The Morgan fingerprint density at radius 1 is 1.70 bits per heavy atom. The molecule has 0 fully saturated rings. The summed E-state index contributed by atoms with van der Waals surface area (Å²) < 4.78 is 0. The smallest absolute Gasteiger partial charge is 0.428 e. The van der Waals surface area contributed by atoms with Crippen molar-refractivity contribution < 1.29 is 28.8 Å². The summed E-state index contributed by atoms with van der Waals surface area (Å²) in [6.45, 7) is 3.25. The van der Waals surface area contributed by atoms with Gasteiger partial charge in [0.25, 0.3) is 0 Å². The van der Waals surface area contributed by atoms with Crippen molar-refractivity contribution in [1.29, 1.82) is 0 Å². The molecule has 2 N–H and O–H groups in total. The minimum absolute atomic E-state index is 0. The molecule has 0 spiro atoms. The van der Waals surface area contributed by atoms with Gasteiger partial charge in [0.05, 0.1) is 0 Å². The third-order valence-corrected chi connectivity index (χ3v) is 0.923. The van der Waals surface area contributed by atoms with Gasteiger partial charge in [0.15, 0.2) is 0 Å². The van der Waals surface area contributed by atoms with E-state index in [1.807, 2.05) is 0 Å². The Hall–Kier alpha value is 0.179. The minimum Gasteiger partial charge on any atom is -0.428 e. The van der Waals surface area contributed by atoms with Gasteiger partial charge in [-0.2, -0.15) is 0 Å².